The van der Waals surface area contributed by atoms with Crippen molar-refractivity contribution in [2.24, 2.45) is 5.92 Å². The van der Waals surface area contributed by atoms with E-state index in [1.54, 1.807) is 12.1 Å². The minimum absolute atomic E-state index is 0.133. The van der Waals surface area contributed by atoms with Crippen LogP contribution in [-0.4, -0.2) is 34.9 Å². The molecule has 0 saturated carbocycles. The molecule has 0 fully saturated rings. The number of urea groups is 1. The van der Waals surface area contributed by atoms with Crippen molar-refractivity contribution in [2.45, 2.75) is 32.9 Å². The van der Waals surface area contributed by atoms with Gasteiger partial charge in [0.1, 0.15) is 0 Å². The molecule has 0 aliphatic rings. The van der Waals surface area contributed by atoms with Crippen LogP contribution in [0.3, 0.4) is 0 Å². The van der Waals surface area contributed by atoms with Gasteiger partial charge >= 0.3 is 12.0 Å². The maximum Gasteiger partial charge on any atom is 0.335 e. The summed E-state index contributed by atoms with van der Waals surface area (Å²) in [7, 11) is 0. The number of carboxylic acids is 1. The molecular formula is C15H22N2O4. The number of aliphatic hydroxyl groups excluding tert-OH is 1. The molecule has 2 unspecified atom stereocenters. The van der Waals surface area contributed by atoms with Gasteiger partial charge in [0.05, 0.1) is 11.7 Å². The van der Waals surface area contributed by atoms with Gasteiger partial charge in [-0.1, -0.05) is 32.4 Å². The lowest BCUT2D eigenvalue weighted by Gasteiger charge is -2.17. The van der Waals surface area contributed by atoms with Crippen LogP contribution in [0.25, 0.3) is 0 Å². The van der Waals surface area contributed by atoms with Crippen molar-refractivity contribution in [3.05, 3.63) is 35.4 Å². The number of nitrogens with one attached hydrogen (secondary N) is 2. The maximum absolute atomic E-state index is 11.6. The molecule has 1 aromatic carbocycles. The average Bonchev–Trinajstić information content (AvgIpc) is 2.49. The molecule has 2 atom stereocenters. The first kappa shape index (κ1) is 17.0. The Morgan fingerprint density at radius 1 is 1.19 bits per heavy atom. The first-order chi connectivity index (χ1) is 9.93. The van der Waals surface area contributed by atoms with Crippen molar-refractivity contribution in [1.82, 2.24) is 10.6 Å². The van der Waals surface area contributed by atoms with Crippen molar-refractivity contribution < 1.29 is 19.8 Å². The largest absolute Gasteiger partial charge is 0.478 e. The van der Waals surface area contributed by atoms with Gasteiger partial charge in [0, 0.05) is 13.1 Å². The van der Waals surface area contributed by atoms with Gasteiger partial charge in [-0.25, -0.2) is 9.59 Å². The van der Waals surface area contributed by atoms with Crippen LogP contribution in [0.2, 0.25) is 0 Å². The molecule has 0 bridgehead atoms. The minimum Gasteiger partial charge on any atom is -0.478 e. The quantitative estimate of drug-likeness (QED) is 0.613. The number of rotatable bonds is 7. The lowest BCUT2D eigenvalue weighted by molar-refractivity contribution is 0.0697. The summed E-state index contributed by atoms with van der Waals surface area (Å²) < 4.78 is 0. The second-order valence-electron chi connectivity index (χ2n) is 5.02. The number of amides is 2. The Morgan fingerprint density at radius 2 is 1.81 bits per heavy atom. The lowest BCUT2D eigenvalue weighted by Crippen LogP contribution is -2.41. The third-order valence-electron chi connectivity index (χ3n) is 3.43. The summed E-state index contributed by atoms with van der Waals surface area (Å²) in [5.41, 5.74) is 1.01. The molecule has 1 aromatic rings. The predicted octanol–water partition coefficient (Wildman–Crippen LogP) is 1.59. The van der Waals surface area contributed by atoms with Crippen LogP contribution in [0.4, 0.5) is 4.79 Å². The van der Waals surface area contributed by atoms with Crippen molar-refractivity contribution in [3.63, 3.8) is 0 Å². The zero-order valence-corrected chi connectivity index (χ0v) is 12.3. The van der Waals surface area contributed by atoms with E-state index in [0.717, 1.165) is 12.0 Å². The first-order valence-corrected chi connectivity index (χ1v) is 6.96. The van der Waals surface area contributed by atoms with E-state index < -0.39 is 12.1 Å². The highest BCUT2D eigenvalue weighted by Crippen LogP contribution is 2.06. The number of aromatic carboxylic acids is 1. The summed E-state index contributed by atoms with van der Waals surface area (Å²) in [5, 5.41) is 23.8. The number of carbonyl (C=O) groups excluding carboxylic acids is 1. The van der Waals surface area contributed by atoms with Crippen LogP contribution in [0.5, 0.6) is 0 Å². The topological polar surface area (TPSA) is 98.7 Å². The Bertz CT molecular complexity index is 473. The van der Waals surface area contributed by atoms with Gasteiger partial charge < -0.3 is 20.8 Å². The molecule has 0 aromatic heterocycles. The van der Waals surface area contributed by atoms with Crippen LogP contribution in [0.1, 0.15) is 36.2 Å². The summed E-state index contributed by atoms with van der Waals surface area (Å²) in [6, 6.07) is 5.92. The number of carboxylic acid groups (broad SMARTS) is 1. The first-order valence-electron chi connectivity index (χ1n) is 6.96. The van der Waals surface area contributed by atoms with E-state index >= 15 is 0 Å². The van der Waals surface area contributed by atoms with E-state index in [2.05, 4.69) is 10.6 Å². The summed E-state index contributed by atoms with van der Waals surface area (Å²) in [6.07, 6.45) is 0.288. The molecule has 4 N–H and O–H groups in total. The number of benzene rings is 1. The van der Waals surface area contributed by atoms with E-state index in [4.69, 9.17) is 5.11 Å². The van der Waals surface area contributed by atoms with Crippen molar-refractivity contribution in [3.8, 4) is 0 Å². The Kier molecular flexibility index (Phi) is 6.68. The molecular weight excluding hydrogens is 272 g/mol. The molecule has 0 spiro atoms. The van der Waals surface area contributed by atoms with E-state index in [9.17, 15) is 14.7 Å². The zero-order valence-electron chi connectivity index (χ0n) is 12.3. The number of hydrogen-bond donors (Lipinski definition) is 4. The molecule has 2 amide bonds. The summed E-state index contributed by atoms with van der Waals surface area (Å²) >= 11 is 0. The van der Waals surface area contributed by atoms with Gasteiger partial charge in [0.25, 0.3) is 0 Å². The molecule has 21 heavy (non-hydrogen) atoms. The Morgan fingerprint density at radius 3 is 2.33 bits per heavy atom. The summed E-state index contributed by atoms with van der Waals surface area (Å²) in [6.45, 7) is 4.41. The van der Waals surface area contributed by atoms with E-state index in [1.807, 2.05) is 13.8 Å². The SMILES string of the molecule is CCC(C)C(O)CNC(=O)NCc1ccc(C(=O)O)cc1. The van der Waals surface area contributed by atoms with Crippen LogP contribution in [-0.2, 0) is 6.54 Å². The predicted molar refractivity (Wildman–Crippen MR) is 79.1 cm³/mol. The Hall–Kier alpha value is -2.08. The van der Waals surface area contributed by atoms with Gasteiger partial charge in [-0.3, -0.25) is 0 Å². The van der Waals surface area contributed by atoms with Gasteiger partial charge in [0.15, 0.2) is 0 Å². The molecule has 0 aliphatic carbocycles. The third kappa shape index (κ3) is 5.83. The molecule has 0 radical (unpaired) electrons. The third-order valence-corrected chi connectivity index (χ3v) is 3.43. The maximum atomic E-state index is 11.6. The molecule has 0 saturated heterocycles. The van der Waals surface area contributed by atoms with Gasteiger partial charge in [0.2, 0.25) is 0 Å². The van der Waals surface area contributed by atoms with Crippen LogP contribution >= 0.6 is 0 Å². The normalized spacial score (nSPS) is 13.3. The molecule has 0 aliphatic heterocycles. The van der Waals surface area contributed by atoms with Crippen molar-refractivity contribution >= 4 is 12.0 Å². The molecule has 116 valence electrons. The van der Waals surface area contributed by atoms with Gasteiger partial charge in [-0.05, 0) is 23.6 Å². The second-order valence-corrected chi connectivity index (χ2v) is 5.02. The highest BCUT2D eigenvalue weighted by molar-refractivity contribution is 5.87. The Labute approximate surface area is 124 Å². The van der Waals surface area contributed by atoms with Crippen LogP contribution in [0, 0.1) is 5.92 Å². The zero-order chi connectivity index (χ0) is 15.8. The monoisotopic (exact) mass is 294 g/mol. The Balaban J connectivity index is 2.34. The van der Waals surface area contributed by atoms with E-state index in [-0.39, 0.29) is 24.1 Å². The second kappa shape index (κ2) is 8.26. The standard InChI is InChI=1S/C15H22N2O4/c1-3-10(2)13(18)9-17-15(21)16-8-11-4-6-12(7-5-11)14(19)20/h4-7,10,13,18H,3,8-9H2,1-2H3,(H,19,20)(H2,16,17,21). The van der Waals surface area contributed by atoms with E-state index in [0.29, 0.717) is 6.54 Å². The fourth-order valence-corrected chi connectivity index (χ4v) is 1.68. The van der Waals surface area contributed by atoms with E-state index in [1.165, 1.54) is 12.1 Å². The molecule has 6 heteroatoms. The number of hydrogen-bond acceptors (Lipinski definition) is 3. The lowest BCUT2D eigenvalue weighted by atomic mass is 10.0. The minimum atomic E-state index is -0.980. The van der Waals surface area contributed by atoms with Crippen molar-refractivity contribution in [2.75, 3.05) is 6.54 Å². The highest BCUT2D eigenvalue weighted by atomic mass is 16.4. The van der Waals surface area contributed by atoms with Gasteiger partial charge in [-0.2, -0.15) is 0 Å². The molecule has 0 heterocycles. The van der Waals surface area contributed by atoms with Crippen molar-refractivity contribution in [1.29, 1.82) is 0 Å². The highest BCUT2D eigenvalue weighted by Gasteiger charge is 2.13. The van der Waals surface area contributed by atoms with Crippen LogP contribution < -0.4 is 10.6 Å². The van der Waals surface area contributed by atoms with Gasteiger partial charge in [-0.15, -0.1) is 0 Å². The van der Waals surface area contributed by atoms with Crippen LogP contribution in [0.15, 0.2) is 24.3 Å². The molecule has 1 rings (SSSR count). The fraction of sp³-hybridized carbons (Fsp3) is 0.467. The fourth-order valence-electron chi connectivity index (χ4n) is 1.68. The smallest absolute Gasteiger partial charge is 0.335 e. The summed E-state index contributed by atoms with van der Waals surface area (Å²) in [5.74, 6) is -0.847. The molecule has 6 nitrogen and oxygen atoms in total. The number of aliphatic hydroxyl groups is 1. The summed E-state index contributed by atoms with van der Waals surface area (Å²) in [4.78, 5) is 22.3. The average molecular weight is 294 g/mol. The number of carbonyl (C=O) groups is 2.